The standard InChI is InChI=1S/C24H19Cl2N3O6/c1-13-5-7-17-19(9-13)24(33)28(23(17)32)27(12-21(30)18-8-6-15(25)11-20(18)26)22(31)14-3-2-4-16(10-14)29(34)35/h2-6,8,10-11,17,19H,7,9,12H2,1H3/t17-,19+/m1/s1. The third-order valence-electron chi connectivity index (χ3n) is 6.10. The quantitative estimate of drug-likeness (QED) is 0.184. The Morgan fingerprint density at radius 2 is 1.83 bits per heavy atom. The van der Waals surface area contributed by atoms with Gasteiger partial charge in [0.15, 0.2) is 5.78 Å². The SMILES string of the molecule is CC1=CC[C@H]2C(=O)N(N(CC(=O)c3ccc(Cl)cc3Cl)C(=O)c3cccc([N+](=O)[O-])c3)C(=O)[C@H]2C1. The van der Waals surface area contributed by atoms with Crippen molar-refractivity contribution in [3.8, 4) is 0 Å². The molecule has 0 aromatic heterocycles. The highest BCUT2D eigenvalue weighted by Gasteiger charge is 2.51. The van der Waals surface area contributed by atoms with Crippen LogP contribution in [0.2, 0.25) is 10.0 Å². The second kappa shape index (κ2) is 9.59. The van der Waals surface area contributed by atoms with E-state index in [2.05, 4.69) is 0 Å². The number of carbonyl (C=O) groups excluding carboxylic acids is 4. The normalized spacial score (nSPS) is 19.3. The number of amides is 3. The number of hydrogen-bond donors (Lipinski definition) is 0. The highest BCUT2D eigenvalue weighted by atomic mass is 35.5. The first-order chi connectivity index (χ1) is 16.6. The van der Waals surface area contributed by atoms with Crippen LogP contribution in [0.4, 0.5) is 5.69 Å². The number of rotatable bonds is 6. The third-order valence-corrected chi connectivity index (χ3v) is 6.65. The fourth-order valence-corrected chi connectivity index (χ4v) is 4.84. The van der Waals surface area contributed by atoms with E-state index in [-0.39, 0.29) is 21.8 Å². The number of nitro benzene ring substituents is 1. The van der Waals surface area contributed by atoms with Gasteiger partial charge in [-0.3, -0.25) is 29.3 Å². The van der Waals surface area contributed by atoms with Crippen LogP contribution in [0.25, 0.3) is 0 Å². The molecule has 180 valence electrons. The number of benzene rings is 2. The van der Waals surface area contributed by atoms with Crippen LogP contribution in [0, 0.1) is 22.0 Å². The number of hydrogen-bond acceptors (Lipinski definition) is 6. The summed E-state index contributed by atoms with van der Waals surface area (Å²) >= 11 is 12.1. The van der Waals surface area contributed by atoms with Crippen molar-refractivity contribution in [2.45, 2.75) is 19.8 Å². The summed E-state index contributed by atoms with van der Waals surface area (Å²) in [6.45, 7) is 1.17. The molecule has 0 N–H and O–H groups in total. The van der Waals surface area contributed by atoms with Gasteiger partial charge in [0.25, 0.3) is 23.4 Å². The van der Waals surface area contributed by atoms with E-state index < -0.39 is 46.8 Å². The van der Waals surface area contributed by atoms with Crippen molar-refractivity contribution in [3.05, 3.63) is 85.4 Å². The molecule has 11 heteroatoms. The van der Waals surface area contributed by atoms with Crippen molar-refractivity contribution in [2.75, 3.05) is 6.54 Å². The molecule has 1 aliphatic heterocycles. The summed E-state index contributed by atoms with van der Waals surface area (Å²) in [6.07, 6.45) is 2.58. The molecule has 1 fully saturated rings. The molecule has 35 heavy (non-hydrogen) atoms. The first-order valence-electron chi connectivity index (χ1n) is 10.7. The van der Waals surface area contributed by atoms with Gasteiger partial charge in [-0.2, -0.15) is 5.01 Å². The molecule has 0 unspecified atom stereocenters. The average molecular weight is 516 g/mol. The van der Waals surface area contributed by atoms with E-state index >= 15 is 0 Å². The molecule has 1 heterocycles. The molecule has 2 aliphatic rings. The lowest BCUT2D eigenvalue weighted by atomic mass is 9.82. The molecule has 1 aliphatic carbocycles. The van der Waals surface area contributed by atoms with E-state index in [4.69, 9.17) is 23.2 Å². The molecule has 2 atom stereocenters. The van der Waals surface area contributed by atoms with Gasteiger partial charge in [-0.1, -0.05) is 40.9 Å². The molecular weight excluding hydrogens is 497 g/mol. The largest absolute Gasteiger partial charge is 0.292 e. The number of nitrogens with zero attached hydrogens (tertiary/aromatic N) is 3. The second-order valence-electron chi connectivity index (χ2n) is 8.41. The van der Waals surface area contributed by atoms with E-state index in [9.17, 15) is 29.3 Å². The Kier molecular flexibility index (Phi) is 6.73. The minimum absolute atomic E-state index is 0.0396. The first kappa shape index (κ1) is 24.6. The van der Waals surface area contributed by atoms with Gasteiger partial charge in [-0.15, -0.1) is 0 Å². The third kappa shape index (κ3) is 4.69. The van der Waals surface area contributed by atoms with Gasteiger partial charge in [0.05, 0.1) is 21.8 Å². The van der Waals surface area contributed by atoms with Crippen molar-refractivity contribution in [2.24, 2.45) is 11.8 Å². The zero-order valence-electron chi connectivity index (χ0n) is 18.4. The van der Waals surface area contributed by atoms with Crippen molar-refractivity contribution >= 4 is 52.4 Å². The summed E-state index contributed by atoms with van der Waals surface area (Å²) in [5, 5.41) is 13.0. The fourth-order valence-electron chi connectivity index (χ4n) is 4.33. The van der Waals surface area contributed by atoms with Crippen LogP contribution in [-0.2, 0) is 9.59 Å². The van der Waals surface area contributed by atoms with E-state index in [1.54, 1.807) is 0 Å². The summed E-state index contributed by atoms with van der Waals surface area (Å²) in [6, 6.07) is 9.03. The van der Waals surface area contributed by atoms with Crippen LogP contribution in [0.1, 0.15) is 40.5 Å². The molecule has 4 rings (SSSR count). The molecular formula is C24H19Cl2N3O6. The molecule has 0 spiro atoms. The Labute approximate surface area is 210 Å². The zero-order valence-corrected chi connectivity index (χ0v) is 20.0. The summed E-state index contributed by atoms with van der Waals surface area (Å²) in [5.41, 5.74) is 0.492. The van der Waals surface area contributed by atoms with E-state index in [1.807, 2.05) is 13.0 Å². The lowest BCUT2D eigenvalue weighted by molar-refractivity contribution is -0.384. The number of allylic oxidation sites excluding steroid dienone is 2. The maximum atomic E-state index is 13.5. The van der Waals surface area contributed by atoms with Gasteiger partial charge in [-0.05, 0) is 44.0 Å². The molecule has 3 amide bonds. The summed E-state index contributed by atoms with van der Waals surface area (Å²) < 4.78 is 0. The molecule has 2 aromatic carbocycles. The number of nitro groups is 1. The predicted molar refractivity (Wildman–Crippen MR) is 127 cm³/mol. The Hall–Kier alpha value is -3.56. The number of hydrazine groups is 1. The van der Waals surface area contributed by atoms with Crippen LogP contribution in [0.5, 0.6) is 0 Å². The summed E-state index contributed by atoms with van der Waals surface area (Å²) in [7, 11) is 0. The van der Waals surface area contributed by atoms with Crippen LogP contribution in [0.3, 0.4) is 0 Å². The van der Waals surface area contributed by atoms with Crippen LogP contribution >= 0.6 is 23.2 Å². The number of Topliss-reactive ketones (excluding diaryl/α,β-unsaturated/α-hetero) is 1. The average Bonchev–Trinajstić information content (AvgIpc) is 3.06. The van der Waals surface area contributed by atoms with Crippen molar-refractivity contribution in [3.63, 3.8) is 0 Å². The van der Waals surface area contributed by atoms with Gasteiger partial charge < -0.3 is 0 Å². The second-order valence-corrected chi connectivity index (χ2v) is 9.25. The zero-order chi connectivity index (χ0) is 25.4. The van der Waals surface area contributed by atoms with Crippen molar-refractivity contribution in [1.82, 2.24) is 10.0 Å². The molecule has 1 saturated heterocycles. The number of carbonyl (C=O) groups is 4. The fraction of sp³-hybridized carbons (Fsp3) is 0.250. The van der Waals surface area contributed by atoms with Gasteiger partial charge in [-0.25, -0.2) is 5.01 Å². The number of fused-ring (bicyclic) bond motifs is 1. The Morgan fingerprint density at radius 1 is 1.11 bits per heavy atom. The Bertz CT molecular complexity index is 1310. The van der Waals surface area contributed by atoms with Gasteiger partial charge in [0.2, 0.25) is 0 Å². The topological polar surface area (TPSA) is 118 Å². The van der Waals surface area contributed by atoms with Crippen molar-refractivity contribution < 1.29 is 24.1 Å². The van der Waals surface area contributed by atoms with Crippen molar-refractivity contribution in [1.29, 1.82) is 0 Å². The Morgan fingerprint density at radius 3 is 2.51 bits per heavy atom. The molecule has 9 nitrogen and oxygen atoms in total. The highest BCUT2D eigenvalue weighted by molar-refractivity contribution is 6.37. The molecule has 0 bridgehead atoms. The summed E-state index contributed by atoms with van der Waals surface area (Å²) in [4.78, 5) is 63.8. The number of ketones is 1. The van der Waals surface area contributed by atoms with E-state index in [0.29, 0.717) is 22.9 Å². The highest BCUT2D eigenvalue weighted by Crippen LogP contribution is 2.39. The smallest absolute Gasteiger partial charge is 0.273 e. The van der Waals surface area contributed by atoms with Crippen LogP contribution < -0.4 is 0 Å². The maximum absolute atomic E-state index is 13.5. The first-order valence-corrected chi connectivity index (χ1v) is 11.4. The van der Waals surface area contributed by atoms with E-state index in [1.165, 1.54) is 36.4 Å². The summed E-state index contributed by atoms with van der Waals surface area (Å²) in [5.74, 6) is -4.05. The number of halogens is 2. The minimum Gasteiger partial charge on any atom is -0.292 e. The van der Waals surface area contributed by atoms with Gasteiger partial charge in [0, 0.05) is 28.3 Å². The maximum Gasteiger partial charge on any atom is 0.273 e. The monoisotopic (exact) mass is 515 g/mol. The van der Waals surface area contributed by atoms with Crippen LogP contribution in [0.15, 0.2) is 54.1 Å². The Balaban J connectivity index is 1.73. The predicted octanol–water partition coefficient (Wildman–Crippen LogP) is 4.48. The van der Waals surface area contributed by atoms with Crippen LogP contribution in [-0.4, -0.2) is 45.0 Å². The minimum atomic E-state index is -0.905. The number of imide groups is 1. The molecule has 2 aromatic rings. The molecule has 0 radical (unpaired) electrons. The van der Waals surface area contributed by atoms with E-state index in [0.717, 1.165) is 16.6 Å². The number of non-ortho nitro benzene ring substituents is 1. The van der Waals surface area contributed by atoms with Gasteiger partial charge in [0.1, 0.15) is 6.54 Å². The molecule has 0 saturated carbocycles. The lowest BCUT2D eigenvalue weighted by Crippen LogP contribution is -2.52. The lowest BCUT2D eigenvalue weighted by Gasteiger charge is -2.30. The van der Waals surface area contributed by atoms with Gasteiger partial charge >= 0.3 is 0 Å².